The molecule has 100 valence electrons. The molecule has 0 unspecified atom stereocenters. The summed E-state index contributed by atoms with van der Waals surface area (Å²) < 4.78 is 1.73. The van der Waals surface area contributed by atoms with Gasteiger partial charge < -0.3 is 5.32 Å². The minimum Gasteiger partial charge on any atom is -0.323 e. The van der Waals surface area contributed by atoms with Crippen molar-refractivity contribution in [1.29, 1.82) is 0 Å². The molecule has 2 heterocycles. The first-order valence-electron chi connectivity index (χ1n) is 6.93. The minimum absolute atomic E-state index is 0.117. The maximum atomic E-state index is 12.2. The largest absolute Gasteiger partial charge is 0.323 e. The Bertz CT molecular complexity index is 599. The first kappa shape index (κ1) is 12.1. The zero-order valence-electron chi connectivity index (χ0n) is 11.1. The minimum atomic E-state index is 0.117. The molecule has 1 aliphatic rings. The Kier molecular flexibility index (Phi) is 3.19. The highest BCUT2D eigenvalue weighted by atomic mass is 16.1. The van der Waals surface area contributed by atoms with Crippen LogP contribution in [-0.2, 0) is 11.2 Å². The summed E-state index contributed by atoms with van der Waals surface area (Å²) in [6.07, 6.45) is 6.97. The van der Waals surface area contributed by atoms with Crippen LogP contribution in [0.4, 0.5) is 5.69 Å². The Balaban J connectivity index is 1.87. The van der Waals surface area contributed by atoms with Crippen LogP contribution in [0.2, 0.25) is 0 Å². The summed E-state index contributed by atoms with van der Waals surface area (Å²) >= 11 is 0. The van der Waals surface area contributed by atoms with E-state index in [9.17, 15) is 4.79 Å². The summed E-state index contributed by atoms with van der Waals surface area (Å²) in [5.74, 6) is 1.07. The summed E-state index contributed by atoms with van der Waals surface area (Å²) in [5.41, 5.74) is 1.48. The standard InChI is InChI=1S/C14H18N4O/c1-2-12-16-13-11(8-5-9-18(13)17-12)15-14(19)10-6-3-4-7-10/h5,8-10H,2-4,6-7H2,1H3,(H,15,19). The number of rotatable bonds is 3. The molecule has 1 aliphatic carbocycles. The molecule has 1 saturated carbocycles. The van der Waals surface area contributed by atoms with Crippen molar-refractivity contribution in [3.8, 4) is 0 Å². The number of anilines is 1. The van der Waals surface area contributed by atoms with E-state index in [1.807, 2.05) is 25.3 Å². The van der Waals surface area contributed by atoms with E-state index in [0.29, 0.717) is 0 Å². The van der Waals surface area contributed by atoms with E-state index >= 15 is 0 Å². The molecule has 5 heteroatoms. The Morgan fingerprint density at radius 3 is 3.00 bits per heavy atom. The van der Waals surface area contributed by atoms with Crippen molar-refractivity contribution in [3.63, 3.8) is 0 Å². The fraction of sp³-hybridized carbons (Fsp3) is 0.500. The second-order valence-corrected chi connectivity index (χ2v) is 5.04. The van der Waals surface area contributed by atoms with Crippen molar-refractivity contribution < 1.29 is 4.79 Å². The Hall–Kier alpha value is -1.91. The zero-order chi connectivity index (χ0) is 13.2. The van der Waals surface area contributed by atoms with E-state index in [2.05, 4.69) is 15.4 Å². The van der Waals surface area contributed by atoms with Gasteiger partial charge in [-0.2, -0.15) is 5.10 Å². The third kappa shape index (κ3) is 2.32. The van der Waals surface area contributed by atoms with Crippen LogP contribution in [0, 0.1) is 5.92 Å². The molecule has 0 radical (unpaired) electrons. The monoisotopic (exact) mass is 258 g/mol. The lowest BCUT2D eigenvalue weighted by Gasteiger charge is -2.10. The average molecular weight is 258 g/mol. The topological polar surface area (TPSA) is 59.3 Å². The van der Waals surface area contributed by atoms with E-state index in [1.165, 1.54) is 0 Å². The van der Waals surface area contributed by atoms with Gasteiger partial charge in [0.1, 0.15) is 0 Å². The summed E-state index contributed by atoms with van der Waals surface area (Å²) in [4.78, 5) is 16.6. The van der Waals surface area contributed by atoms with Gasteiger partial charge in [0.25, 0.3) is 0 Å². The summed E-state index contributed by atoms with van der Waals surface area (Å²) in [7, 11) is 0. The second-order valence-electron chi connectivity index (χ2n) is 5.04. The molecule has 0 spiro atoms. The summed E-state index contributed by atoms with van der Waals surface area (Å²) in [6.45, 7) is 2.02. The predicted octanol–water partition coefficient (Wildman–Crippen LogP) is 2.42. The Morgan fingerprint density at radius 2 is 2.26 bits per heavy atom. The molecular weight excluding hydrogens is 240 g/mol. The molecule has 0 saturated heterocycles. The number of pyridine rings is 1. The molecular formula is C14H18N4O. The normalized spacial score (nSPS) is 16.1. The van der Waals surface area contributed by atoms with Crippen molar-refractivity contribution in [2.75, 3.05) is 5.32 Å². The SMILES string of the molecule is CCc1nc2c(NC(=O)C3CCCC3)cccn2n1. The van der Waals surface area contributed by atoms with Gasteiger partial charge in [-0.3, -0.25) is 4.79 Å². The maximum absolute atomic E-state index is 12.2. The number of carbonyl (C=O) groups is 1. The van der Waals surface area contributed by atoms with Gasteiger partial charge in [-0.25, -0.2) is 9.50 Å². The van der Waals surface area contributed by atoms with Crippen molar-refractivity contribution in [2.45, 2.75) is 39.0 Å². The number of hydrogen-bond acceptors (Lipinski definition) is 3. The summed E-state index contributed by atoms with van der Waals surface area (Å²) in [6, 6.07) is 3.77. The molecule has 2 aromatic heterocycles. The number of aryl methyl sites for hydroxylation is 1. The fourth-order valence-electron chi connectivity index (χ4n) is 2.62. The van der Waals surface area contributed by atoms with Crippen LogP contribution in [0.25, 0.3) is 5.65 Å². The molecule has 1 amide bonds. The van der Waals surface area contributed by atoms with Crippen LogP contribution in [0.1, 0.15) is 38.4 Å². The van der Waals surface area contributed by atoms with Gasteiger partial charge in [0, 0.05) is 18.5 Å². The van der Waals surface area contributed by atoms with Gasteiger partial charge in [0.15, 0.2) is 11.5 Å². The van der Waals surface area contributed by atoms with E-state index in [4.69, 9.17) is 0 Å². The number of fused-ring (bicyclic) bond motifs is 1. The highest BCUT2D eigenvalue weighted by molar-refractivity contribution is 5.95. The lowest BCUT2D eigenvalue weighted by molar-refractivity contribution is -0.119. The fourth-order valence-corrected chi connectivity index (χ4v) is 2.62. The number of amides is 1. The highest BCUT2D eigenvalue weighted by Gasteiger charge is 2.23. The first-order valence-corrected chi connectivity index (χ1v) is 6.93. The molecule has 0 aliphatic heterocycles. The van der Waals surface area contributed by atoms with Crippen LogP contribution < -0.4 is 5.32 Å². The number of nitrogens with zero attached hydrogens (tertiary/aromatic N) is 3. The van der Waals surface area contributed by atoms with E-state index in [-0.39, 0.29) is 11.8 Å². The quantitative estimate of drug-likeness (QED) is 0.919. The zero-order valence-corrected chi connectivity index (χ0v) is 11.1. The van der Waals surface area contributed by atoms with Crippen LogP contribution in [-0.4, -0.2) is 20.5 Å². The lowest BCUT2D eigenvalue weighted by atomic mass is 10.1. The molecule has 0 atom stereocenters. The third-order valence-electron chi connectivity index (χ3n) is 3.71. The molecule has 2 aromatic rings. The highest BCUT2D eigenvalue weighted by Crippen LogP contribution is 2.26. The second kappa shape index (κ2) is 4.99. The van der Waals surface area contributed by atoms with Crippen molar-refractivity contribution in [1.82, 2.24) is 14.6 Å². The Labute approximate surface area is 112 Å². The van der Waals surface area contributed by atoms with Gasteiger partial charge in [0.05, 0.1) is 5.69 Å². The third-order valence-corrected chi connectivity index (χ3v) is 3.71. The van der Waals surface area contributed by atoms with Crippen LogP contribution in [0.15, 0.2) is 18.3 Å². The van der Waals surface area contributed by atoms with Crippen molar-refractivity contribution >= 4 is 17.2 Å². The maximum Gasteiger partial charge on any atom is 0.227 e. The molecule has 3 rings (SSSR count). The Morgan fingerprint density at radius 1 is 1.47 bits per heavy atom. The lowest BCUT2D eigenvalue weighted by Crippen LogP contribution is -2.20. The molecule has 0 aromatic carbocycles. The molecule has 19 heavy (non-hydrogen) atoms. The molecule has 1 N–H and O–H groups in total. The first-order chi connectivity index (χ1) is 9.28. The van der Waals surface area contributed by atoms with Gasteiger partial charge in [0.2, 0.25) is 5.91 Å². The van der Waals surface area contributed by atoms with E-state index in [1.54, 1.807) is 4.52 Å². The van der Waals surface area contributed by atoms with Crippen LogP contribution in [0.3, 0.4) is 0 Å². The van der Waals surface area contributed by atoms with Gasteiger partial charge in [-0.15, -0.1) is 0 Å². The molecule has 0 bridgehead atoms. The predicted molar refractivity (Wildman–Crippen MR) is 73.0 cm³/mol. The molecule has 5 nitrogen and oxygen atoms in total. The summed E-state index contributed by atoms with van der Waals surface area (Å²) in [5, 5.41) is 7.35. The van der Waals surface area contributed by atoms with Crippen LogP contribution in [0.5, 0.6) is 0 Å². The smallest absolute Gasteiger partial charge is 0.227 e. The van der Waals surface area contributed by atoms with Crippen LogP contribution >= 0.6 is 0 Å². The van der Waals surface area contributed by atoms with E-state index < -0.39 is 0 Å². The van der Waals surface area contributed by atoms with Gasteiger partial charge in [-0.1, -0.05) is 19.8 Å². The van der Waals surface area contributed by atoms with Gasteiger partial charge in [-0.05, 0) is 25.0 Å². The van der Waals surface area contributed by atoms with Crippen molar-refractivity contribution in [3.05, 3.63) is 24.2 Å². The number of hydrogen-bond donors (Lipinski definition) is 1. The number of nitrogens with one attached hydrogen (secondary N) is 1. The van der Waals surface area contributed by atoms with E-state index in [0.717, 1.165) is 49.3 Å². The average Bonchev–Trinajstić information content (AvgIpc) is 3.08. The van der Waals surface area contributed by atoms with Crippen molar-refractivity contribution in [2.24, 2.45) is 5.92 Å². The van der Waals surface area contributed by atoms with Gasteiger partial charge >= 0.3 is 0 Å². The number of aromatic nitrogens is 3. The molecule has 1 fully saturated rings. The number of carbonyl (C=O) groups excluding carboxylic acids is 1.